The molecule has 5 heteroatoms. The number of rotatable bonds is 11. The van der Waals surface area contributed by atoms with Crippen LogP contribution in [0.5, 0.6) is 0 Å². The normalized spacial score (nSPS) is 19.9. The van der Waals surface area contributed by atoms with Crippen molar-refractivity contribution in [2.45, 2.75) is 58.6 Å². The second-order valence-corrected chi connectivity index (χ2v) is 5.58. The molecule has 2 unspecified atom stereocenters. The Morgan fingerprint density at radius 1 is 1.43 bits per heavy atom. The maximum Gasteiger partial charge on any atom is 0.323 e. The molecule has 1 saturated heterocycles. The van der Waals surface area contributed by atoms with Crippen molar-refractivity contribution in [2.24, 2.45) is 0 Å². The topological polar surface area (TPSA) is 50.8 Å². The van der Waals surface area contributed by atoms with Crippen LogP contribution in [-0.4, -0.2) is 62.4 Å². The molecule has 1 N–H and O–H groups in total. The number of hydrogen-bond acceptors (Lipinski definition) is 5. The van der Waals surface area contributed by atoms with Gasteiger partial charge in [-0.3, -0.25) is 4.79 Å². The number of hydrogen-bond donors (Lipinski definition) is 1. The molecule has 0 bridgehead atoms. The minimum Gasteiger partial charge on any atom is -0.465 e. The molecule has 1 rings (SSSR count). The van der Waals surface area contributed by atoms with Crippen molar-refractivity contribution in [3.05, 3.63) is 0 Å². The summed E-state index contributed by atoms with van der Waals surface area (Å²) in [6.07, 6.45) is 4.51. The standard InChI is InChI=1S/C16H32N2O3/c1-4-10-17-15(16(19)20-6-3)9-11-18(5-2)13-14-8-7-12-21-14/h14-15,17H,4-13H2,1-3H3. The molecule has 0 aliphatic carbocycles. The van der Waals surface area contributed by atoms with Gasteiger partial charge in [0, 0.05) is 19.7 Å². The summed E-state index contributed by atoms with van der Waals surface area (Å²) in [5, 5.41) is 3.29. The van der Waals surface area contributed by atoms with E-state index in [-0.39, 0.29) is 12.0 Å². The highest BCUT2D eigenvalue weighted by molar-refractivity contribution is 5.75. The molecule has 0 aromatic heterocycles. The molecular formula is C16H32N2O3. The van der Waals surface area contributed by atoms with E-state index in [9.17, 15) is 4.79 Å². The van der Waals surface area contributed by atoms with E-state index in [1.54, 1.807) is 0 Å². The molecule has 0 aromatic carbocycles. The van der Waals surface area contributed by atoms with Gasteiger partial charge in [-0.1, -0.05) is 13.8 Å². The monoisotopic (exact) mass is 300 g/mol. The van der Waals surface area contributed by atoms with Crippen molar-refractivity contribution in [3.63, 3.8) is 0 Å². The molecule has 0 saturated carbocycles. The lowest BCUT2D eigenvalue weighted by atomic mass is 10.1. The predicted molar refractivity (Wildman–Crippen MR) is 84.4 cm³/mol. The third-order valence-electron chi connectivity index (χ3n) is 3.88. The summed E-state index contributed by atoms with van der Waals surface area (Å²) in [7, 11) is 0. The van der Waals surface area contributed by atoms with Crippen LogP contribution in [0.15, 0.2) is 0 Å². The van der Waals surface area contributed by atoms with Crippen molar-refractivity contribution >= 4 is 5.97 Å². The van der Waals surface area contributed by atoms with Crippen molar-refractivity contribution in [2.75, 3.05) is 39.4 Å². The lowest BCUT2D eigenvalue weighted by Gasteiger charge is -2.25. The van der Waals surface area contributed by atoms with Gasteiger partial charge in [-0.25, -0.2) is 0 Å². The van der Waals surface area contributed by atoms with Crippen LogP contribution in [0.4, 0.5) is 0 Å². The fraction of sp³-hybridized carbons (Fsp3) is 0.938. The van der Waals surface area contributed by atoms with Gasteiger partial charge in [0.2, 0.25) is 0 Å². The lowest BCUT2D eigenvalue weighted by molar-refractivity contribution is -0.145. The summed E-state index contributed by atoms with van der Waals surface area (Å²) in [5.41, 5.74) is 0. The maximum atomic E-state index is 12.0. The molecule has 124 valence electrons. The highest BCUT2D eigenvalue weighted by atomic mass is 16.5. The molecular weight excluding hydrogens is 268 g/mol. The number of ether oxygens (including phenoxy) is 2. The SMILES string of the molecule is CCCNC(CCN(CC)CC1CCCO1)C(=O)OCC. The summed E-state index contributed by atoms with van der Waals surface area (Å²) in [5.74, 6) is -0.126. The van der Waals surface area contributed by atoms with E-state index >= 15 is 0 Å². The van der Waals surface area contributed by atoms with Crippen molar-refractivity contribution < 1.29 is 14.3 Å². The average Bonchev–Trinajstić information content (AvgIpc) is 2.99. The van der Waals surface area contributed by atoms with E-state index in [2.05, 4.69) is 24.1 Å². The molecule has 0 amide bonds. The van der Waals surface area contributed by atoms with E-state index in [1.165, 1.54) is 6.42 Å². The van der Waals surface area contributed by atoms with Gasteiger partial charge in [0.1, 0.15) is 6.04 Å². The Hall–Kier alpha value is -0.650. The van der Waals surface area contributed by atoms with Gasteiger partial charge in [0.15, 0.2) is 0 Å². The number of nitrogens with zero attached hydrogens (tertiary/aromatic N) is 1. The predicted octanol–water partition coefficient (Wildman–Crippen LogP) is 1.81. The Morgan fingerprint density at radius 3 is 2.81 bits per heavy atom. The van der Waals surface area contributed by atoms with Crippen LogP contribution in [-0.2, 0) is 14.3 Å². The zero-order valence-electron chi connectivity index (χ0n) is 13.9. The number of carbonyl (C=O) groups excluding carboxylic acids is 1. The maximum absolute atomic E-state index is 12.0. The van der Waals surface area contributed by atoms with Gasteiger partial charge in [0.25, 0.3) is 0 Å². The van der Waals surface area contributed by atoms with Crippen LogP contribution in [0.1, 0.15) is 46.5 Å². The Kier molecular flexibility index (Phi) is 9.63. The fourth-order valence-electron chi connectivity index (χ4n) is 2.63. The summed E-state index contributed by atoms with van der Waals surface area (Å²) in [6, 6.07) is -0.191. The highest BCUT2D eigenvalue weighted by Gasteiger charge is 2.22. The quantitative estimate of drug-likeness (QED) is 0.590. The van der Waals surface area contributed by atoms with Gasteiger partial charge in [-0.05, 0) is 45.7 Å². The smallest absolute Gasteiger partial charge is 0.323 e. The average molecular weight is 300 g/mol. The van der Waals surface area contributed by atoms with Gasteiger partial charge < -0.3 is 19.7 Å². The first-order chi connectivity index (χ1) is 10.2. The van der Waals surface area contributed by atoms with Crippen LogP contribution in [0.2, 0.25) is 0 Å². The first-order valence-corrected chi connectivity index (χ1v) is 8.45. The van der Waals surface area contributed by atoms with E-state index in [0.29, 0.717) is 12.7 Å². The molecule has 1 heterocycles. The second-order valence-electron chi connectivity index (χ2n) is 5.58. The van der Waals surface area contributed by atoms with Gasteiger partial charge in [0.05, 0.1) is 12.7 Å². The summed E-state index contributed by atoms with van der Waals surface area (Å²) < 4.78 is 10.8. The molecule has 0 aromatic rings. The molecule has 1 aliphatic heterocycles. The van der Waals surface area contributed by atoms with Gasteiger partial charge >= 0.3 is 5.97 Å². The molecule has 5 nitrogen and oxygen atoms in total. The lowest BCUT2D eigenvalue weighted by Crippen LogP contribution is -2.42. The number of likely N-dealkylation sites (N-methyl/N-ethyl adjacent to an activating group) is 1. The summed E-state index contributed by atoms with van der Waals surface area (Å²) in [4.78, 5) is 14.3. The van der Waals surface area contributed by atoms with Crippen molar-refractivity contribution in [1.82, 2.24) is 10.2 Å². The largest absolute Gasteiger partial charge is 0.465 e. The Bertz CT molecular complexity index is 281. The van der Waals surface area contributed by atoms with E-state index in [1.807, 2.05) is 6.92 Å². The van der Waals surface area contributed by atoms with E-state index in [4.69, 9.17) is 9.47 Å². The molecule has 0 radical (unpaired) electrons. The molecule has 2 atom stereocenters. The Balaban J connectivity index is 2.38. The second kappa shape index (κ2) is 11.0. The molecule has 21 heavy (non-hydrogen) atoms. The van der Waals surface area contributed by atoms with E-state index in [0.717, 1.165) is 52.0 Å². The zero-order chi connectivity index (χ0) is 15.5. The van der Waals surface area contributed by atoms with Crippen molar-refractivity contribution in [1.29, 1.82) is 0 Å². The highest BCUT2D eigenvalue weighted by Crippen LogP contribution is 2.13. The third kappa shape index (κ3) is 7.25. The van der Waals surface area contributed by atoms with Gasteiger partial charge in [-0.15, -0.1) is 0 Å². The minimum absolute atomic E-state index is 0.126. The molecule has 1 fully saturated rings. The fourth-order valence-corrected chi connectivity index (χ4v) is 2.63. The minimum atomic E-state index is -0.191. The number of carbonyl (C=O) groups is 1. The van der Waals surface area contributed by atoms with Crippen molar-refractivity contribution in [3.8, 4) is 0 Å². The zero-order valence-corrected chi connectivity index (χ0v) is 13.9. The Morgan fingerprint density at radius 2 is 2.24 bits per heavy atom. The number of esters is 1. The first-order valence-electron chi connectivity index (χ1n) is 8.45. The van der Waals surface area contributed by atoms with Crippen LogP contribution < -0.4 is 5.32 Å². The molecule has 1 aliphatic rings. The van der Waals surface area contributed by atoms with Crippen LogP contribution in [0.3, 0.4) is 0 Å². The summed E-state index contributed by atoms with van der Waals surface area (Å²) >= 11 is 0. The summed E-state index contributed by atoms with van der Waals surface area (Å²) in [6.45, 7) is 11.2. The number of nitrogens with one attached hydrogen (secondary N) is 1. The molecule has 0 spiro atoms. The Labute approximate surface area is 129 Å². The van der Waals surface area contributed by atoms with Gasteiger partial charge in [-0.2, -0.15) is 0 Å². The van der Waals surface area contributed by atoms with Crippen LogP contribution in [0.25, 0.3) is 0 Å². The van der Waals surface area contributed by atoms with Crippen LogP contribution >= 0.6 is 0 Å². The van der Waals surface area contributed by atoms with E-state index < -0.39 is 0 Å². The third-order valence-corrected chi connectivity index (χ3v) is 3.88. The first kappa shape index (κ1) is 18.4. The van der Waals surface area contributed by atoms with Crippen LogP contribution in [0, 0.1) is 0 Å².